The largest absolute Gasteiger partial charge is 0.412 e. The third-order valence-electron chi connectivity index (χ3n) is 4.21. The summed E-state index contributed by atoms with van der Waals surface area (Å²) in [5.41, 5.74) is 4.66. The fraction of sp³-hybridized carbons (Fsp3) is 0.211. The molecular formula is C19H22N2O2. The lowest BCUT2D eigenvalue weighted by Gasteiger charge is -2.20. The maximum Gasteiger partial charge on any atom is 0.0730 e. The van der Waals surface area contributed by atoms with Gasteiger partial charge in [-0.1, -0.05) is 48.5 Å². The summed E-state index contributed by atoms with van der Waals surface area (Å²) in [5.74, 6) is 0. The molecule has 3 aromatic rings. The second kappa shape index (κ2) is 7.22. The highest BCUT2D eigenvalue weighted by atomic mass is 16.0. The van der Waals surface area contributed by atoms with Crippen molar-refractivity contribution < 1.29 is 11.0 Å². The maximum absolute atomic E-state index is 4.85. The monoisotopic (exact) mass is 310 g/mol. The van der Waals surface area contributed by atoms with Gasteiger partial charge in [0.15, 0.2) is 0 Å². The van der Waals surface area contributed by atoms with Crippen LogP contribution in [0.2, 0.25) is 0 Å². The molecule has 0 amide bonds. The molecule has 4 nitrogen and oxygen atoms in total. The van der Waals surface area contributed by atoms with E-state index in [0.717, 1.165) is 24.3 Å². The van der Waals surface area contributed by atoms with Gasteiger partial charge in [-0.3, -0.25) is 0 Å². The number of anilines is 1. The van der Waals surface area contributed by atoms with Crippen LogP contribution in [0.4, 0.5) is 5.69 Å². The van der Waals surface area contributed by atoms with Crippen LogP contribution in [0.1, 0.15) is 12.8 Å². The van der Waals surface area contributed by atoms with Crippen LogP contribution in [0.3, 0.4) is 0 Å². The van der Waals surface area contributed by atoms with Crippen LogP contribution in [0.5, 0.6) is 0 Å². The van der Waals surface area contributed by atoms with Gasteiger partial charge in [-0.2, -0.15) is 0 Å². The van der Waals surface area contributed by atoms with Crippen LogP contribution in [0.15, 0.2) is 60.7 Å². The van der Waals surface area contributed by atoms with Crippen LogP contribution in [-0.2, 0) is 0 Å². The molecule has 0 spiro atoms. The van der Waals surface area contributed by atoms with E-state index in [9.17, 15) is 0 Å². The summed E-state index contributed by atoms with van der Waals surface area (Å²) in [6.07, 6.45) is 2.58. The molecule has 23 heavy (non-hydrogen) atoms. The van der Waals surface area contributed by atoms with Crippen molar-refractivity contribution in [2.24, 2.45) is 0 Å². The summed E-state index contributed by atoms with van der Waals surface area (Å²) in [6, 6.07) is 21.2. The predicted molar refractivity (Wildman–Crippen MR) is 95.9 cm³/mol. The molecule has 4 N–H and O–H groups in total. The molecule has 0 bridgehead atoms. The highest BCUT2D eigenvalue weighted by molar-refractivity contribution is 5.94. The van der Waals surface area contributed by atoms with Crippen molar-refractivity contribution >= 4 is 16.6 Å². The van der Waals surface area contributed by atoms with Crippen LogP contribution in [-0.4, -0.2) is 29.0 Å². The predicted octanol–water partition coefficient (Wildman–Crippen LogP) is 2.85. The molecule has 4 rings (SSSR count). The van der Waals surface area contributed by atoms with Crippen LogP contribution >= 0.6 is 0 Å². The Hall–Kier alpha value is -2.43. The summed E-state index contributed by atoms with van der Waals surface area (Å²) in [7, 11) is 0. The smallest absolute Gasteiger partial charge is 0.0730 e. The average Bonchev–Trinajstić information content (AvgIpc) is 3.09. The number of rotatable bonds is 2. The third kappa shape index (κ3) is 3.18. The second-order valence-electron chi connectivity index (χ2n) is 5.60. The number of para-hydroxylation sites is 1. The van der Waals surface area contributed by atoms with Gasteiger partial charge in [-0.15, -0.1) is 0 Å². The quantitative estimate of drug-likeness (QED) is 0.729. The van der Waals surface area contributed by atoms with E-state index in [1.807, 2.05) is 6.07 Å². The summed E-state index contributed by atoms with van der Waals surface area (Å²) >= 11 is 0. The molecule has 2 aromatic carbocycles. The van der Waals surface area contributed by atoms with E-state index in [1.54, 1.807) is 0 Å². The molecular weight excluding hydrogens is 288 g/mol. The van der Waals surface area contributed by atoms with Crippen molar-refractivity contribution in [1.82, 2.24) is 4.98 Å². The van der Waals surface area contributed by atoms with Crippen molar-refractivity contribution in [2.75, 3.05) is 18.0 Å². The number of fused-ring (bicyclic) bond motifs is 1. The Morgan fingerprint density at radius 3 is 2.17 bits per heavy atom. The molecule has 0 aliphatic carbocycles. The van der Waals surface area contributed by atoms with Crippen molar-refractivity contribution in [3.05, 3.63) is 60.7 Å². The Balaban J connectivity index is 0.000000960. The minimum atomic E-state index is 0. The SMILES string of the molecule is O.O.c1ccc(-c2cc(N3CCCC3)c3ccccc3n2)cc1. The molecule has 0 atom stereocenters. The molecule has 1 aliphatic rings. The normalized spacial score (nSPS) is 13.5. The zero-order valence-corrected chi connectivity index (χ0v) is 13.0. The third-order valence-corrected chi connectivity index (χ3v) is 4.21. The van der Waals surface area contributed by atoms with Crippen molar-refractivity contribution in [3.8, 4) is 11.3 Å². The van der Waals surface area contributed by atoms with Crippen LogP contribution in [0.25, 0.3) is 22.2 Å². The van der Waals surface area contributed by atoms with Crippen LogP contribution < -0.4 is 4.90 Å². The van der Waals surface area contributed by atoms with E-state index in [-0.39, 0.29) is 11.0 Å². The average molecular weight is 310 g/mol. The first-order valence-corrected chi connectivity index (χ1v) is 7.62. The maximum atomic E-state index is 4.85. The topological polar surface area (TPSA) is 79.1 Å². The van der Waals surface area contributed by atoms with Gasteiger partial charge in [0.1, 0.15) is 0 Å². The first-order chi connectivity index (χ1) is 10.4. The van der Waals surface area contributed by atoms with Crippen molar-refractivity contribution in [2.45, 2.75) is 12.8 Å². The van der Waals surface area contributed by atoms with E-state index in [2.05, 4.69) is 59.5 Å². The Kier molecular flexibility index (Phi) is 5.32. The zero-order valence-electron chi connectivity index (χ0n) is 13.0. The molecule has 120 valence electrons. The summed E-state index contributed by atoms with van der Waals surface area (Å²) in [6.45, 7) is 2.31. The first kappa shape index (κ1) is 16.9. The molecule has 1 fully saturated rings. The van der Waals surface area contributed by atoms with E-state index in [4.69, 9.17) is 4.98 Å². The molecule has 4 heteroatoms. The molecule has 1 aliphatic heterocycles. The number of hydrogen-bond acceptors (Lipinski definition) is 2. The van der Waals surface area contributed by atoms with Crippen molar-refractivity contribution in [1.29, 1.82) is 0 Å². The Morgan fingerprint density at radius 2 is 1.43 bits per heavy atom. The zero-order chi connectivity index (χ0) is 14.1. The minimum absolute atomic E-state index is 0. The van der Waals surface area contributed by atoms with Gasteiger partial charge in [-0.05, 0) is 25.0 Å². The van der Waals surface area contributed by atoms with Gasteiger partial charge in [0.2, 0.25) is 0 Å². The number of hydrogen-bond donors (Lipinski definition) is 0. The minimum Gasteiger partial charge on any atom is -0.412 e. The van der Waals surface area contributed by atoms with Gasteiger partial charge in [0, 0.05) is 29.7 Å². The van der Waals surface area contributed by atoms with E-state index >= 15 is 0 Å². The van der Waals surface area contributed by atoms with Gasteiger partial charge in [0.05, 0.1) is 11.2 Å². The molecule has 0 saturated carbocycles. The molecule has 1 aromatic heterocycles. The van der Waals surface area contributed by atoms with Crippen molar-refractivity contribution in [3.63, 3.8) is 0 Å². The number of aromatic nitrogens is 1. The van der Waals surface area contributed by atoms with Gasteiger partial charge < -0.3 is 15.9 Å². The van der Waals surface area contributed by atoms with Gasteiger partial charge in [-0.25, -0.2) is 4.98 Å². The second-order valence-corrected chi connectivity index (χ2v) is 5.60. The number of benzene rings is 2. The Morgan fingerprint density at radius 1 is 0.783 bits per heavy atom. The number of nitrogens with zero attached hydrogens (tertiary/aromatic N) is 2. The molecule has 0 unspecified atom stereocenters. The lowest BCUT2D eigenvalue weighted by Crippen LogP contribution is -2.18. The molecule has 2 heterocycles. The fourth-order valence-electron chi connectivity index (χ4n) is 3.13. The van der Waals surface area contributed by atoms with Gasteiger partial charge in [0.25, 0.3) is 0 Å². The van der Waals surface area contributed by atoms with E-state index < -0.39 is 0 Å². The lowest BCUT2D eigenvalue weighted by molar-refractivity contribution is 0.823. The summed E-state index contributed by atoms with van der Waals surface area (Å²) in [4.78, 5) is 7.35. The number of pyridine rings is 1. The van der Waals surface area contributed by atoms with Crippen LogP contribution in [0, 0.1) is 0 Å². The lowest BCUT2D eigenvalue weighted by atomic mass is 10.1. The van der Waals surface area contributed by atoms with E-state index in [0.29, 0.717) is 0 Å². The molecule has 0 radical (unpaired) electrons. The highest BCUT2D eigenvalue weighted by Gasteiger charge is 2.16. The first-order valence-electron chi connectivity index (χ1n) is 7.62. The summed E-state index contributed by atoms with van der Waals surface area (Å²) in [5, 5.41) is 1.26. The van der Waals surface area contributed by atoms with E-state index in [1.165, 1.54) is 29.5 Å². The van der Waals surface area contributed by atoms with Gasteiger partial charge >= 0.3 is 0 Å². The highest BCUT2D eigenvalue weighted by Crippen LogP contribution is 2.32. The Labute approximate surface area is 136 Å². The fourth-order valence-corrected chi connectivity index (χ4v) is 3.13. The summed E-state index contributed by atoms with van der Waals surface area (Å²) < 4.78 is 0. The Bertz CT molecular complexity index is 769. The standard InChI is InChI=1S/C19H18N2.2H2O/c1-2-8-15(9-3-1)18-14-19(21-12-6-7-13-21)16-10-4-5-11-17(16)20-18;;/h1-5,8-11,14H,6-7,12-13H2;2*1H2. The molecule has 1 saturated heterocycles.